The highest BCUT2D eigenvalue weighted by Crippen LogP contribution is 2.35. The first kappa shape index (κ1) is 11.9. The van der Waals surface area contributed by atoms with E-state index in [4.69, 9.17) is 0 Å². The molecule has 2 saturated carbocycles. The maximum atomic E-state index is 12.6. The fourth-order valence-electron chi connectivity index (χ4n) is 3.08. The Balaban J connectivity index is 2.03. The van der Waals surface area contributed by atoms with Crippen LogP contribution in [0.2, 0.25) is 0 Å². The van der Waals surface area contributed by atoms with Crippen LogP contribution in [-0.4, -0.2) is 22.9 Å². The van der Waals surface area contributed by atoms with Gasteiger partial charge in [0.25, 0.3) is 0 Å². The number of rotatable bonds is 3. The minimum Gasteiger partial charge on any atom is -0.337 e. The predicted octanol–water partition coefficient (Wildman–Crippen LogP) is 3.21. The number of amides is 1. The third-order valence-corrected chi connectivity index (χ3v) is 4.18. The fourth-order valence-corrected chi connectivity index (χ4v) is 3.08. The van der Waals surface area contributed by atoms with Crippen LogP contribution in [-0.2, 0) is 4.79 Å². The summed E-state index contributed by atoms with van der Waals surface area (Å²) >= 11 is 0. The molecule has 0 aliphatic heterocycles. The standard InChI is InChI=1S/C14H25NO/c1-10(2)15(12-8-9-12)14(16)13-7-5-4-6-11(13)3/h10-13H,4-9H2,1-3H3. The van der Waals surface area contributed by atoms with Crippen molar-refractivity contribution in [3.05, 3.63) is 0 Å². The van der Waals surface area contributed by atoms with Crippen LogP contribution < -0.4 is 0 Å². The second-order valence-corrected chi connectivity index (χ2v) is 5.94. The van der Waals surface area contributed by atoms with Crippen molar-refractivity contribution < 1.29 is 4.79 Å². The van der Waals surface area contributed by atoms with Gasteiger partial charge in [-0.3, -0.25) is 4.79 Å². The summed E-state index contributed by atoms with van der Waals surface area (Å²) in [4.78, 5) is 14.7. The molecule has 2 atom stereocenters. The van der Waals surface area contributed by atoms with Crippen LogP contribution in [0.4, 0.5) is 0 Å². The molecular formula is C14H25NO. The summed E-state index contributed by atoms with van der Waals surface area (Å²) in [7, 11) is 0. The molecule has 2 nitrogen and oxygen atoms in total. The summed E-state index contributed by atoms with van der Waals surface area (Å²) in [5, 5.41) is 0. The number of carbonyl (C=O) groups excluding carboxylic acids is 1. The first-order chi connectivity index (χ1) is 7.61. The Morgan fingerprint density at radius 2 is 1.75 bits per heavy atom. The molecule has 2 unspecified atom stereocenters. The van der Waals surface area contributed by atoms with Crippen molar-refractivity contribution in [1.29, 1.82) is 0 Å². The van der Waals surface area contributed by atoms with E-state index >= 15 is 0 Å². The lowest BCUT2D eigenvalue weighted by molar-refractivity contribution is -0.140. The van der Waals surface area contributed by atoms with Crippen molar-refractivity contribution in [2.45, 2.75) is 71.4 Å². The molecule has 2 heteroatoms. The predicted molar refractivity (Wildman–Crippen MR) is 66.1 cm³/mol. The van der Waals surface area contributed by atoms with Gasteiger partial charge in [-0.05, 0) is 45.4 Å². The van der Waals surface area contributed by atoms with Gasteiger partial charge in [0, 0.05) is 18.0 Å². The third kappa shape index (κ3) is 2.41. The van der Waals surface area contributed by atoms with Gasteiger partial charge in [0.05, 0.1) is 0 Å². The van der Waals surface area contributed by atoms with Gasteiger partial charge in [-0.15, -0.1) is 0 Å². The molecule has 2 fully saturated rings. The minimum atomic E-state index is 0.316. The first-order valence-corrected chi connectivity index (χ1v) is 6.93. The van der Waals surface area contributed by atoms with E-state index in [1.807, 2.05) is 0 Å². The summed E-state index contributed by atoms with van der Waals surface area (Å²) in [6.45, 7) is 6.57. The van der Waals surface area contributed by atoms with E-state index < -0.39 is 0 Å². The van der Waals surface area contributed by atoms with E-state index in [2.05, 4.69) is 25.7 Å². The quantitative estimate of drug-likeness (QED) is 0.719. The molecular weight excluding hydrogens is 198 g/mol. The molecule has 0 bridgehead atoms. The monoisotopic (exact) mass is 223 g/mol. The zero-order chi connectivity index (χ0) is 11.7. The Morgan fingerprint density at radius 1 is 1.12 bits per heavy atom. The Hall–Kier alpha value is -0.530. The molecule has 2 aliphatic rings. The third-order valence-electron chi connectivity index (χ3n) is 4.18. The van der Waals surface area contributed by atoms with E-state index in [0.29, 0.717) is 29.8 Å². The molecule has 1 amide bonds. The molecule has 16 heavy (non-hydrogen) atoms. The van der Waals surface area contributed by atoms with Crippen LogP contribution in [0.5, 0.6) is 0 Å². The normalized spacial score (nSPS) is 30.5. The van der Waals surface area contributed by atoms with Gasteiger partial charge < -0.3 is 4.90 Å². The molecule has 2 rings (SSSR count). The van der Waals surface area contributed by atoms with E-state index in [-0.39, 0.29) is 0 Å². The average molecular weight is 223 g/mol. The van der Waals surface area contributed by atoms with Crippen LogP contribution in [0.25, 0.3) is 0 Å². The molecule has 2 aliphatic carbocycles. The fraction of sp³-hybridized carbons (Fsp3) is 0.929. The molecule has 92 valence electrons. The van der Waals surface area contributed by atoms with Gasteiger partial charge in [-0.2, -0.15) is 0 Å². The molecule has 0 spiro atoms. The smallest absolute Gasteiger partial charge is 0.226 e. The van der Waals surface area contributed by atoms with Crippen LogP contribution in [0.3, 0.4) is 0 Å². The SMILES string of the molecule is CC1CCCCC1C(=O)N(C(C)C)C1CC1. The second-order valence-electron chi connectivity index (χ2n) is 5.94. The highest BCUT2D eigenvalue weighted by Gasteiger charge is 2.39. The molecule has 0 heterocycles. The summed E-state index contributed by atoms with van der Waals surface area (Å²) in [5.74, 6) is 1.36. The number of hydrogen-bond acceptors (Lipinski definition) is 1. The summed E-state index contributed by atoms with van der Waals surface area (Å²) < 4.78 is 0. The average Bonchev–Trinajstić information content (AvgIpc) is 3.02. The number of nitrogens with zero attached hydrogens (tertiary/aromatic N) is 1. The van der Waals surface area contributed by atoms with Gasteiger partial charge in [0.15, 0.2) is 0 Å². The lowest BCUT2D eigenvalue weighted by Gasteiger charge is -2.35. The van der Waals surface area contributed by atoms with Crippen LogP contribution in [0.15, 0.2) is 0 Å². The molecule has 0 aromatic carbocycles. The number of hydrogen-bond donors (Lipinski definition) is 0. The van der Waals surface area contributed by atoms with E-state index in [0.717, 1.165) is 6.42 Å². The Morgan fingerprint density at radius 3 is 2.25 bits per heavy atom. The van der Waals surface area contributed by atoms with Crippen molar-refractivity contribution in [3.8, 4) is 0 Å². The maximum Gasteiger partial charge on any atom is 0.226 e. The van der Waals surface area contributed by atoms with Crippen LogP contribution >= 0.6 is 0 Å². The van der Waals surface area contributed by atoms with Crippen molar-refractivity contribution in [1.82, 2.24) is 4.90 Å². The summed E-state index contributed by atoms with van der Waals surface area (Å²) in [5.41, 5.74) is 0. The Labute approximate surface area is 99.4 Å². The summed E-state index contributed by atoms with van der Waals surface area (Å²) in [6.07, 6.45) is 7.38. The maximum absolute atomic E-state index is 12.6. The van der Waals surface area contributed by atoms with Crippen LogP contribution in [0, 0.1) is 11.8 Å². The number of carbonyl (C=O) groups is 1. The van der Waals surface area contributed by atoms with Crippen molar-refractivity contribution in [3.63, 3.8) is 0 Å². The molecule has 0 saturated heterocycles. The Bertz CT molecular complexity index is 255. The summed E-state index contributed by atoms with van der Waals surface area (Å²) in [6, 6.07) is 0.954. The van der Waals surface area contributed by atoms with Crippen molar-refractivity contribution in [2.75, 3.05) is 0 Å². The van der Waals surface area contributed by atoms with Crippen molar-refractivity contribution >= 4 is 5.91 Å². The lowest BCUT2D eigenvalue weighted by Crippen LogP contribution is -2.44. The zero-order valence-corrected chi connectivity index (χ0v) is 10.9. The molecule has 0 aromatic rings. The van der Waals surface area contributed by atoms with Crippen molar-refractivity contribution in [2.24, 2.45) is 11.8 Å². The van der Waals surface area contributed by atoms with Gasteiger partial charge in [-0.1, -0.05) is 19.8 Å². The van der Waals surface area contributed by atoms with Gasteiger partial charge in [-0.25, -0.2) is 0 Å². The zero-order valence-electron chi connectivity index (χ0n) is 10.9. The van der Waals surface area contributed by atoms with E-state index in [1.165, 1.54) is 32.1 Å². The minimum absolute atomic E-state index is 0.316. The van der Waals surface area contributed by atoms with Gasteiger partial charge in [0.2, 0.25) is 5.91 Å². The first-order valence-electron chi connectivity index (χ1n) is 6.93. The van der Waals surface area contributed by atoms with Gasteiger partial charge in [0.1, 0.15) is 0 Å². The second kappa shape index (κ2) is 4.77. The van der Waals surface area contributed by atoms with Gasteiger partial charge >= 0.3 is 0 Å². The van der Waals surface area contributed by atoms with E-state index in [1.54, 1.807) is 0 Å². The topological polar surface area (TPSA) is 20.3 Å². The van der Waals surface area contributed by atoms with Crippen LogP contribution in [0.1, 0.15) is 59.3 Å². The molecule has 0 aromatic heterocycles. The molecule has 0 radical (unpaired) electrons. The highest BCUT2D eigenvalue weighted by molar-refractivity contribution is 5.80. The molecule has 0 N–H and O–H groups in total. The lowest BCUT2D eigenvalue weighted by atomic mass is 9.79. The highest BCUT2D eigenvalue weighted by atomic mass is 16.2. The largest absolute Gasteiger partial charge is 0.337 e. The Kier molecular flexibility index (Phi) is 3.56. The van der Waals surface area contributed by atoms with E-state index in [9.17, 15) is 4.79 Å².